The van der Waals surface area contributed by atoms with Crippen molar-refractivity contribution in [2.75, 3.05) is 25.4 Å². The Bertz CT molecular complexity index is 356. The van der Waals surface area contributed by atoms with Crippen molar-refractivity contribution in [2.45, 2.75) is 44.2 Å². The van der Waals surface area contributed by atoms with Gasteiger partial charge in [0, 0.05) is 29.8 Å². The minimum Gasteiger partial charge on any atom is -0.310 e. The lowest BCUT2D eigenvalue weighted by Gasteiger charge is -2.13. The molecule has 1 aliphatic heterocycles. The minimum absolute atomic E-state index is 0.550. The molecule has 0 amide bonds. The van der Waals surface area contributed by atoms with E-state index in [4.69, 9.17) is 0 Å². The van der Waals surface area contributed by atoms with Crippen molar-refractivity contribution in [3.63, 3.8) is 0 Å². The van der Waals surface area contributed by atoms with Gasteiger partial charge in [-0.15, -0.1) is 11.8 Å². The molecule has 0 aromatic heterocycles. The molecule has 0 atom stereocenters. The van der Waals surface area contributed by atoms with Crippen molar-refractivity contribution in [3.05, 3.63) is 29.8 Å². The number of benzene rings is 1. The zero-order valence-electron chi connectivity index (χ0n) is 12.2. The minimum atomic E-state index is 0.550. The Kier molecular flexibility index (Phi) is 6.21. The second-order valence-electron chi connectivity index (χ2n) is 5.58. The number of rotatable bonds is 7. The monoisotopic (exact) mass is 278 g/mol. The molecule has 2 nitrogen and oxygen atoms in total. The Labute approximate surface area is 122 Å². The summed E-state index contributed by atoms with van der Waals surface area (Å²) >= 11 is 1.98. The van der Waals surface area contributed by atoms with Gasteiger partial charge in [-0.05, 0) is 43.6 Å². The van der Waals surface area contributed by atoms with E-state index in [-0.39, 0.29) is 0 Å². The molecule has 106 valence electrons. The first-order valence-electron chi connectivity index (χ1n) is 7.41. The third-order valence-electron chi connectivity index (χ3n) is 3.51. The van der Waals surface area contributed by atoms with E-state index in [0.29, 0.717) is 6.04 Å². The molecule has 2 rings (SSSR count). The highest BCUT2D eigenvalue weighted by molar-refractivity contribution is 7.99. The van der Waals surface area contributed by atoms with Crippen LogP contribution in [-0.2, 0) is 6.54 Å². The average molecular weight is 278 g/mol. The first kappa shape index (κ1) is 14.9. The first-order valence-corrected chi connectivity index (χ1v) is 8.40. The highest BCUT2D eigenvalue weighted by Crippen LogP contribution is 2.19. The average Bonchev–Trinajstić information content (AvgIpc) is 2.91. The Morgan fingerprint density at radius 1 is 1.16 bits per heavy atom. The third kappa shape index (κ3) is 5.55. The molecule has 1 saturated heterocycles. The fourth-order valence-corrected chi connectivity index (χ4v) is 3.24. The molecule has 0 spiro atoms. The van der Waals surface area contributed by atoms with E-state index >= 15 is 0 Å². The largest absolute Gasteiger partial charge is 0.310 e. The van der Waals surface area contributed by atoms with Crippen LogP contribution in [0.4, 0.5) is 0 Å². The van der Waals surface area contributed by atoms with Crippen molar-refractivity contribution >= 4 is 11.8 Å². The second-order valence-corrected chi connectivity index (χ2v) is 6.75. The number of hydrogen-bond donors (Lipinski definition) is 1. The molecule has 0 radical (unpaired) electrons. The molecule has 0 saturated carbocycles. The Morgan fingerprint density at radius 3 is 2.47 bits per heavy atom. The second kappa shape index (κ2) is 7.93. The molecular weight excluding hydrogens is 252 g/mol. The lowest BCUT2D eigenvalue weighted by atomic mass is 10.2. The van der Waals surface area contributed by atoms with Gasteiger partial charge in [-0.3, -0.25) is 0 Å². The maximum atomic E-state index is 3.45. The van der Waals surface area contributed by atoms with Crippen LogP contribution in [0.15, 0.2) is 29.2 Å². The van der Waals surface area contributed by atoms with E-state index in [9.17, 15) is 0 Å². The first-order chi connectivity index (χ1) is 9.24. The maximum Gasteiger partial charge on any atom is 0.0207 e. The number of nitrogens with one attached hydrogen (secondary N) is 1. The molecular formula is C16H26N2S. The lowest BCUT2D eigenvalue weighted by molar-refractivity contribution is 0.362. The summed E-state index contributed by atoms with van der Waals surface area (Å²) in [4.78, 5) is 3.97. The molecule has 0 unspecified atom stereocenters. The SMILES string of the molecule is CC(C)NCc1ccc(SCCN2CCCC2)cc1. The van der Waals surface area contributed by atoms with Gasteiger partial charge < -0.3 is 10.2 Å². The maximum absolute atomic E-state index is 3.45. The standard InChI is InChI=1S/C16H26N2S/c1-14(2)17-13-15-5-7-16(8-6-15)19-12-11-18-9-3-4-10-18/h5-8,14,17H,3-4,9-13H2,1-2H3. The van der Waals surface area contributed by atoms with Crippen molar-refractivity contribution in [1.82, 2.24) is 10.2 Å². The van der Waals surface area contributed by atoms with E-state index in [1.807, 2.05) is 11.8 Å². The Balaban J connectivity index is 1.69. The molecule has 0 aliphatic carbocycles. The zero-order chi connectivity index (χ0) is 13.5. The molecule has 1 aromatic carbocycles. The number of hydrogen-bond acceptors (Lipinski definition) is 3. The van der Waals surface area contributed by atoms with Gasteiger partial charge in [0.1, 0.15) is 0 Å². The summed E-state index contributed by atoms with van der Waals surface area (Å²) in [6.07, 6.45) is 2.78. The van der Waals surface area contributed by atoms with Crippen molar-refractivity contribution in [3.8, 4) is 0 Å². The van der Waals surface area contributed by atoms with Gasteiger partial charge in [0.15, 0.2) is 0 Å². The van der Waals surface area contributed by atoms with Crippen LogP contribution >= 0.6 is 11.8 Å². The Morgan fingerprint density at radius 2 is 1.84 bits per heavy atom. The number of likely N-dealkylation sites (tertiary alicyclic amines) is 1. The normalized spacial score (nSPS) is 16.4. The molecule has 1 heterocycles. The van der Waals surface area contributed by atoms with Crippen LogP contribution in [0.2, 0.25) is 0 Å². The quantitative estimate of drug-likeness (QED) is 0.770. The van der Waals surface area contributed by atoms with Gasteiger partial charge in [0.2, 0.25) is 0 Å². The summed E-state index contributed by atoms with van der Waals surface area (Å²) in [6.45, 7) is 9.18. The predicted octanol–water partition coefficient (Wildman–Crippen LogP) is 3.37. The highest BCUT2D eigenvalue weighted by Gasteiger charge is 2.10. The van der Waals surface area contributed by atoms with Gasteiger partial charge in [-0.25, -0.2) is 0 Å². The fourth-order valence-electron chi connectivity index (χ4n) is 2.32. The topological polar surface area (TPSA) is 15.3 Å². The van der Waals surface area contributed by atoms with E-state index < -0.39 is 0 Å². The summed E-state index contributed by atoms with van der Waals surface area (Å²) in [7, 11) is 0. The molecule has 1 fully saturated rings. The van der Waals surface area contributed by atoms with E-state index in [2.05, 4.69) is 48.3 Å². The Hall–Kier alpha value is -0.510. The molecule has 3 heteroatoms. The summed E-state index contributed by atoms with van der Waals surface area (Å²) in [5, 5.41) is 3.45. The van der Waals surface area contributed by atoms with Crippen LogP contribution in [0.5, 0.6) is 0 Å². The highest BCUT2D eigenvalue weighted by atomic mass is 32.2. The van der Waals surface area contributed by atoms with Crippen LogP contribution in [0.25, 0.3) is 0 Å². The fraction of sp³-hybridized carbons (Fsp3) is 0.625. The van der Waals surface area contributed by atoms with Crippen LogP contribution < -0.4 is 5.32 Å². The molecule has 19 heavy (non-hydrogen) atoms. The molecule has 1 aromatic rings. The van der Waals surface area contributed by atoms with Gasteiger partial charge >= 0.3 is 0 Å². The predicted molar refractivity (Wildman–Crippen MR) is 84.8 cm³/mol. The summed E-state index contributed by atoms with van der Waals surface area (Å²) < 4.78 is 0. The van der Waals surface area contributed by atoms with Crippen molar-refractivity contribution < 1.29 is 0 Å². The van der Waals surface area contributed by atoms with E-state index in [1.165, 1.54) is 48.7 Å². The third-order valence-corrected chi connectivity index (χ3v) is 4.50. The van der Waals surface area contributed by atoms with E-state index in [0.717, 1.165) is 6.54 Å². The van der Waals surface area contributed by atoms with Crippen LogP contribution in [0, 0.1) is 0 Å². The molecule has 0 bridgehead atoms. The van der Waals surface area contributed by atoms with Crippen LogP contribution in [0.1, 0.15) is 32.3 Å². The summed E-state index contributed by atoms with van der Waals surface area (Å²) in [5.41, 5.74) is 1.37. The summed E-state index contributed by atoms with van der Waals surface area (Å²) in [6, 6.07) is 9.55. The van der Waals surface area contributed by atoms with Crippen molar-refractivity contribution in [2.24, 2.45) is 0 Å². The smallest absolute Gasteiger partial charge is 0.0207 e. The number of thioether (sulfide) groups is 1. The van der Waals surface area contributed by atoms with Gasteiger partial charge in [0.25, 0.3) is 0 Å². The van der Waals surface area contributed by atoms with Gasteiger partial charge in [0.05, 0.1) is 0 Å². The zero-order valence-corrected chi connectivity index (χ0v) is 13.0. The van der Waals surface area contributed by atoms with Gasteiger partial charge in [-0.1, -0.05) is 26.0 Å². The number of nitrogens with zero attached hydrogens (tertiary/aromatic N) is 1. The van der Waals surface area contributed by atoms with Crippen LogP contribution in [-0.4, -0.2) is 36.3 Å². The summed E-state index contributed by atoms with van der Waals surface area (Å²) in [5.74, 6) is 1.21. The van der Waals surface area contributed by atoms with E-state index in [1.54, 1.807) is 0 Å². The van der Waals surface area contributed by atoms with Gasteiger partial charge in [-0.2, -0.15) is 0 Å². The van der Waals surface area contributed by atoms with Crippen LogP contribution in [0.3, 0.4) is 0 Å². The lowest BCUT2D eigenvalue weighted by Crippen LogP contribution is -2.22. The molecule has 1 N–H and O–H groups in total. The molecule has 1 aliphatic rings. The van der Waals surface area contributed by atoms with Crippen molar-refractivity contribution in [1.29, 1.82) is 0 Å².